The highest BCUT2D eigenvalue weighted by Gasteiger charge is 2.26. The summed E-state index contributed by atoms with van der Waals surface area (Å²) >= 11 is 0. The van der Waals surface area contributed by atoms with Crippen molar-refractivity contribution < 1.29 is 0 Å². The SMILES string of the molecule is C/C=C(\C)[P+](C)(C)CCC(C)C. The lowest BCUT2D eigenvalue weighted by Crippen LogP contribution is -2.00. The van der Waals surface area contributed by atoms with E-state index in [2.05, 4.69) is 47.1 Å². The van der Waals surface area contributed by atoms with Gasteiger partial charge in [-0.2, -0.15) is 0 Å². The third kappa shape index (κ3) is 4.26. The molecule has 0 nitrogen and oxygen atoms in total. The van der Waals surface area contributed by atoms with Gasteiger partial charge in [0.2, 0.25) is 0 Å². The van der Waals surface area contributed by atoms with Crippen molar-refractivity contribution in [2.45, 2.75) is 34.1 Å². The molecule has 0 aliphatic heterocycles. The van der Waals surface area contributed by atoms with Crippen LogP contribution in [0.4, 0.5) is 0 Å². The van der Waals surface area contributed by atoms with Crippen molar-refractivity contribution in [3.63, 3.8) is 0 Å². The number of hydrogen-bond acceptors (Lipinski definition) is 0. The number of rotatable bonds is 4. The molecule has 0 aliphatic rings. The van der Waals surface area contributed by atoms with Crippen LogP contribution in [0.2, 0.25) is 0 Å². The van der Waals surface area contributed by atoms with Gasteiger partial charge >= 0.3 is 0 Å². The van der Waals surface area contributed by atoms with Crippen LogP contribution >= 0.6 is 7.26 Å². The standard InChI is InChI=1S/C11H24P/c1-7-11(4)12(5,6)9-8-10(2)3/h7,10H,8-9H2,1-6H3/q+1/b11-7+. The maximum absolute atomic E-state index is 2.45. The Balaban J connectivity index is 4.04. The van der Waals surface area contributed by atoms with Crippen molar-refractivity contribution in [3.8, 4) is 0 Å². The van der Waals surface area contributed by atoms with Gasteiger partial charge in [-0.05, 0) is 32.3 Å². The van der Waals surface area contributed by atoms with E-state index < -0.39 is 7.26 Å². The molecule has 0 fully saturated rings. The van der Waals surface area contributed by atoms with E-state index >= 15 is 0 Å². The highest BCUT2D eigenvalue weighted by atomic mass is 31.2. The lowest BCUT2D eigenvalue weighted by atomic mass is 10.2. The zero-order valence-corrected chi connectivity index (χ0v) is 10.4. The molecule has 0 unspecified atom stereocenters. The molecule has 0 aromatic rings. The molecule has 0 radical (unpaired) electrons. The molecule has 0 saturated carbocycles. The Morgan fingerprint density at radius 1 is 1.33 bits per heavy atom. The Morgan fingerprint density at radius 2 is 1.83 bits per heavy atom. The first-order valence-corrected chi connectivity index (χ1v) is 7.73. The van der Waals surface area contributed by atoms with Crippen LogP contribution in [0.25, 0.3) is 0 Å². The maximum atomic E-state index is 2.45. The minimum absolute atomic E-state index is 0.726. The largest absolute Gasteiger partial charge is 0.0636 e. The molecule has 0 aromatic carbocycles. The fourth-order valence-electron chi connectivity index (χ4n) is 1.11. The second-order valence-corrected chi connectivity index (χ2v) is 9.04. The van der Waals surface area contributed by atoms with E-state index in [9.17, 15) is 0 Å². The first kappa shape index (κ1) is 12.2. The molecular weight excluding hydrogens is 163 g/mol. The maximum Gasteiger partial charge on any atom is 0.0636 e. The molecule has 0 rings (SSSR count). The summed E-state index contributed by atoms with van der Waals surface area (Å²) in [5.41, 5.74) is 0. The third-order valence-corrected chi connectivity index (χ3v) is 6.18. The normalized spacial score (nSPS) is 14.1. The van der Waals surface area contributed by atoms with Gasteiger partial charge in [-0.25, -0.2) is 0 Å². The number of hydrogen-bond donors (Lipinski definition) is 0. The average molecular weight is 187 g/mol. The van der Waals surface area contributed by atoms with Gasteiger partial charge in [0.25, 0.3) is 0 Å². The van der Waals surface area contributed by atoms with Crippen LogP contribution in [0.15, 0.2) is 11.4 Å². The number of allylic oxidation sites excluding steroid dienone is 2. The quantitative estimate of drug-likeness (QED) is 0.578. The molecule has 12 heavy (non-hydrogen) atoms. The predicted molar refractivity (Wildman–Crippen MR) is 62.5 cm³/mol. The van der Waals surface area contributed by atoms with Crippen molar-refractivity contribution in [2.75, 3.05) is 19.5 Å². The average Bonchev–Trinajstić information content (AvgIpc) is 1.99. The highest BCUT2D eigenvalue weighted by Crippen LogP contribution is 2.59. The van der Waals surface area contributed by atoms with Crippen LogP contribution in [0, 0.1) is 5.92 Å². The second-order valence-electron chi connectivity index (χ2n) is 4.52. The molecule has 0 saturated heterocycles. The Morgan fingerprint density at radius 3 is 2.17 bits per heavy atom. The molecule has 0 heterocycles. The molecule has 0 aliphatic carbocycles. The van der Waals surface area contributed by atoms with Crippen molar-refractivity contribution in [1.82, 2.24) is 0 Å². The lowest BCUT2D eigenvalue weighted by Gasteiger charge is -2.19. The van der Waals surface area contributed by atoms with E-state index in [1.165, 1.54) is 12.6 Å². The van der Waals surface area contributed by atoms with E-state index in [0.29, 0.717) is 0 Å². The second kappa shape index (κ2) is 5.02. The molecule has 72 valence electrons. The highest BCUT2D eigenvalue weighted by molar-refractivity contribution is 7.78. The van der Waals surface area contributed by atoms with Crippen LogP contribution in [-0.2, 0) is 0 Å². The van der Waals surface area contributed by atoms with Gasteiger partial charge < -0.3 is 0 Å². The van der Waals surface area contributed by atoms with Gasteiger partial charge in [-0.15, -0.1) is 0 Å². The minimum Gasteiger partial charge on any atom is -0.0626 e. The molecular formula is C11H24P+. The van der Waals surface area contributed by atoms with Crippen molar-refractivity contribution >= 4 is 7.26 Å². The Hall–Kier alpha value is 0.170. The molecule has 1 heteroatoms. The van der Waals surface area contributed by atoms with Crippen LogP contribution in [0.3, 0.4) is 0 Å². The Kier molecular flexibility index (Phi) is 5.09. The van der Waals surface area contributed by atoms with Crippen molar-refractivity contribution in [1.29, 1.82) is 0 Å². The van der Waals surface area contributed by atoms with Gasteiger partial charge in [-0.3, -0.25) is 0 Å². The van der Waals surface area contributed by atoms with Crippen LogP contribution < -0.4 is 0 Å². The fourth-order valence-corrected chi connectivity index (χ4v) is 3.32. The third-order valence-electron chi connectivity index (χ3n) is 2.64. The Labute approximate surface area is 78.8 Å². The van der Waals surface area contributed by atoms with Gasteiger partial charge in [0.1, 0.15) is 0 Å². The summed E-state index contributed by atoms with van der Waals surface area (Å²) in [5.74, 6) is 0.855. The first-order chi connectivity index (χ1) is 5.40. The molecule has 0 N–H and O–H groups in total. The molecule has 0 bridgehead atoms. The van der Waals surface area contributed by atoms with E-state index in [0.717, 1.165) is 5.92 Å². The summed E-state index contributed by atoms with van der Waals surface area (Å²) < 4.78 is 0. The van der Waals surface area contributed by atoms with E-state index in [1.807, 2.05) is 0 Å². The summed E-state index contributed by atoms with van der Waals surface area (Å²) in [6.07, 6.45) is 5.08. The monoisotopic (exact) mass is 187 g/mol. The zero-order chi connectivity index (χ0) is 9.78. The van der Waals surface area contributed by atoms with E-state index in [4.69, 9.17) is 0 Å². The van der Waals surface area contributed by atoms with Gasteiger partial charge in [0.05, 0.1) is 24.8 Å². The summed E-state index contributed by atoms with van der Waals surface area (Å²) in [5, 5.41) is 1.63. The van der Waals surface area contributed by atoms with Crippen LogP contribution in [0.1, 0.15) is 34.1 Å². The molecule has 0 spiro atoms. The summed E-state index contributed by atoms with van der Waals surface area (Å²) in [4.78, 5) is 0. The molecule has 0 atom stereocenters. The van der Waals surface area contributed by atoms with Crippen LogP contribution in [0.5, 0.6) is 0 Å². The summed E-state index contributed by atoms with van der Waals surface area (Å²) in [7, 11) is -0.726. The lowest BCUT2D eigenvalue weighted by molar-refractivity contribution is 0.629. The van der Waals surface area contributed by atoms with Gasteiger partial charge in [-0.1, -0.05) is 13.8 Å². The van der Waals surface area contributed by atoms with E-state index in [1.54, 1.807) is 5.31 Å². The van der Waals surface area contributed by atoms with Crippen LogP contribution in [-0.4, -0.2) is 19.5 Å². The van der Waals surface area contributed by atoms with E-state index in [-0.39, 0.29) is 0 Å². The molecule has 0 aromatic heterocycles. The van der Waals surface area contributed by atoms with Gasteiger partial charge in [0, 0.05) is 7.26 Å². The van der Waals surface area contributed by atoms with Crippen molar-refractivity contribution in [2.24, 2.45) is 5.92 Å². The molecule has 0 amide bonds. The predicted octanol–water partition coefficient (Wildman–Crippen LogP) is 4.23. The van der Waals surface area contributed by atoms with Crippen molar-refractivity contribution in [3.05, 3.63) is 11.4 Å². The Bertz CT molecular complexity index is 154. The topological polar surface area (TPSA) is 0 Å². The smallest absolute Gasteiger partial charge is 0.0626 e. The first-order valence-electron chi connectivity index (χ1n) is 4.86. The van der Waals surface area contributed by atoms with Gasteiger partial charge in [0.15, 0.2) is 0 Å². The fraction of sp³-hybridized carbons (Fsp3) is 0.818. The minimum atomic E-state index is -0.726. The zero-order valence-electron chi connectivity index (χ0n) is 9.52. The summed E-state index contributed by atoms with van der Waals surface area (Å²) in [6, 6.07) is 0. The summed E-state index contributed by atoms with van der Waals surface area (Å²) in [6.45, 7) is 14.0.